The lowest BCUT2D eigenvalue weighted by molar-refractivity contribution is 0.393. The normalized spacial score (nSPS) is 12.6. The molecule has 1 heterocycles. The second kappa shape index (κ2) is 7.35. The Balaban J connectivity index is 2.16. The number of pyridine rings is 1. The number of hydrogen-bond acceptors (Lipinski definition) is 1. The Kier molecular flexibility index (Phi) is 5.40. The van der Waals surface area contributed by atoms with E-state index >= 15 is 0 Å². The lowest BCUT2D eigenvalue weighted by atomic mass is 9.80. The van der Waals surface area contributed by atoms with E-state index in [0.29, 0.717) is 0 Å². The highest BCUT2D eigenvalue weighted by Crippen LogP contribution is 2.33. The van der Waals surface area contributed by atoms with Crippen LogP contribution < -0.4 is 0 Å². The minimum absolute atomic E-state index is 0.243. The van der Waals surface area contributed by atoms with Gasteiger partial charge in [-0.3, -0.25) is 0 Å². The van der Waals surface area contributed by atoms with Gasteiger partial charge in [-0.15, -0.1) is 0 Å². The molecule has 0 N–H and O–H groups in total. The lowest BCUT2D eigenvalue weighted by Crippen LogP contribution is -2.15. The topological polar surface area (TPSA) is 12.9 Å². The molecule has 0 fully saturated rings. The summed E-state index contributed by atoms with van der Waals surface area (Å²) in [7, 11) is 0. The number of fused-ring (bicyclic) bond motifs is 1. The molecule has 1 heteroatoms. The summed E-state index contributed by atoms with van der Waals surface area (Å²) in [6.45, 7) is 18.2. The monoisotopic (exact) mass is 373 g/mol. The van der Waals surface area contributed by atoms with Gasteiger partial charge in [0.25, 0.3) is 0 Å². The van der Waals surface area contributed by atoms with Crippen molar-refractivity contribution < 1.29 is 0 Å². The van der Waals surface area contributed by atoms with E-state index in [1.807, 2.05) is 0 Å². The first-order valence-electron chi connectivity index (χ1n) is 10.4. The van der Waals surface area contributed by atoms with Gasteiger partial charge in [-0.25, -0.2) is 4.98 Å². The van der Waals surface area contributed by atoms with Crippen molar-refractivity contribution in [3.63, 3.8) is 0 Å². The van der Waals surface area contributed by atoms with Gasteiger partial charge in [0.05, 0.1) is 11.2 Å². The van der Waals surface area contributed by atoms with Crippen LogP contribution in [-0.2, 0) is 12.8 Å². The Morgan fingerprint density at radius 1 is 0.714 bits per heavy atom. The number of hydrogen-bond donors (Lipinski definition) is 0. The van der Waals surface area contributed by atoms with Gasteiger partial charge in [0.15, 0.2) is 0 Å². The minimum Gasteiger partial charge on any atom is -0.248 e. The van der Waals surface area contributed by atoms with Gasteiger partial charge in [0, 0.05) is 10.9 Å². The van der Waals surface area contributed by atoms with Crippen LogP contribution in [0.3, 0.4) is 0 Å². The largest absolute Gasteiger partial charge is 0.248 e. The second-order valence-corrected chi connectivity index (χ2v) is 10.8. The third kappa shape index (κ3) is 5.01. The molecular formula is C27H35N. The van der Waals surface area contributed by atoms with Gasteiger partial charge in [-0.2, -0.15) is 0 Å². The number of nitrogens with zero attached hydrogens (tertiary/aromatic N) is 1. The van der Waals surface area contributed by atoms with Crippen molar-refractivity contribution in [3.8, 4) is 11.3 Å². The molecule has 0 unspecified atom stereocenters. The smallest absolute Gasteiger partial charge is 0.0712 e. The van der Waals surface area contributed by atoms with E-state index in [4.69, 9.17) is 4.98 Å². The predicted molar refractivity (Wildman–Crippen MR) is 123 cm³/mol. The fourth-order valence-corrected chi connectivity index (χ4v) is 4.07. The van der Waals surface area contributed by atoms with Crippen molar-refractivity contribution >= 4 is 10.9 Å². The summed E-state index contributed by atoms with van der Waals surface area (Å²) in [4.78, 5) is 5.06. The molecule has 0 bridgehead atoms. The van der Waals surface area contributed by atoms with Gasteiger partial charge in [-0.05, 0) is 72.9 Å². The molecule has 0 aliphatic rings. The molecule has 3 aromatic rings. The standard InChI is InChI=1S/C27H35N/c1-18-13-19(2)15-21(14-18)24-12-10-22-23(17-27(6,7)8)20(16-26(3,4)5)9-11-25(22)28-24/h9-15H,16-17H2,1-8H3. The zero-order chi connectivity index (χ0) is 20.7. The quantitative estimate of drug-likeness (QED) is 0.458. The average molecular weight is 374 g/mol. The first-order valence-corrected chi connectivity index (χ1v) is 10.4. The molecule has 0 aliphatic carbocycles. The van der Waals surface area contributed by atoms with Crippen molar-refractivity contribution in [1.82, 2.24) is 4.98 Å². The highest BCUT2D eigenvalue weighted by atomic mass is 14.7. The van der Waals surface area contributed by atoms with Gasteiger partial charge in [0.2, 0.25) is 0 Å². The molecule has 0 radical (unpaired) electrons. The van der Waals surface area contributed by atoms with E-state index in [0.717, 1.165) is 24.1 Å². The van der Waals surface area contributed by atoms with Crippen molar-refractivity contribution in [2.75, 3.05) is 0 Å². The number of aryl methyl sites for hydroxylation is 2. The summed E-state index contributed by atoms with van der Waals surface area (Å²) in [5, 5.41) is 1.31. The van der Waals surface area contributed by atoms with Crippen molar-refractivity contribution in [2.24, 2.45) is 10.8 Å². The molecule has 28 heavy (non-hydrogen) atoms. The van der Waals surface area contributed by atoms with E-state index in [9.17, 15) is 0 Å². The zero-order valence-electron chi connectivity index (χ0n) is 18.9. The Morgan fingerprint density at radius 3 is 1.89 bits per heavy atom. The van der Waals surface area contributed by atoms with Crippen LogP contribution in [0.2, 0.25) is 0 Å². The summed E-state index contributed by atoms with van der Waals surface area (Å²) in [5.74, 6) is 0. The van der Waals surface area contributed by atoms with Crippen LogP contribution in [0.4, 0.5) is 0 Å². The first kappa shape index (κ1) is 20.6. The maximum atomic E-state index is 5.06. The molecule has 2 aromatic carbocycles. The van der Waals surface area contributed by atoms with Gasteiger partial charge in [0.1, 0.15) is 0 Å². The Labute approximate surface area is 171 Å². The molecule has 3 rings (SSSR count). The third-order valence-corrected chi connectivity index (χ3v) is 5.03. The van der Waals surface area contributed by atoms with E-state index in [1.165, 1.54) is 33.2 Å². The van der Waals surface area contributed by atoms with Gasteiger partial charge < -0.3 is 0 Å². The summed E-state index contributed by atoms with van der Waals surface area (Å²) in [6.07, 6.45) is 2.16. The van der Waals surface area contributed by atoms with E-state index in [2.05, 4.69) is 97.9 Å². The molecular weight excluding hydrogens is 338 g/mol. The molecule has 148 valence electrons. The average Bonchev–Trinajstić information content (AvgIpc) is 2.53. The Bertz CT molecular complexity index is 977. The molecule has 1 nitrogen and oxygen atoms in total. The predicted octanol–water partition coefficient (Wildman–Crippen LogP) is 7.70. The van der Waals surface area contributed by atoms with Crippen LogP contribution in [-0.4, -0.2) is 4.98 Å². The third-order valence-electron chi connectivity index (χ3n) is 5.03. The highest BCUT2D eigenvalue weighted by molar-refractivity contribution is 5.86. The maximum Gasteiger partial charge on any atom is 0.0712 e. The molecule has 0 atom stereocenters. The molecule has 1 aromatic heterocycles. The fraction of sp³-hybridized carbons (Fsp3) is 0.444. The van der Waals surface area contributed by atoms with Crippen LogP contribution in [0, 0.1) is 24.7 Å². The summed E-state index contributed by atoms with van der Waals surface area (Å²) in [5.41, 5.74) is 9.39. The summed E-state index contributed by atoms with van der Waals surface area (Å²) in [6, 6.07) is 15.7. The van der Waals surface area contributed by atoms with Crippen LogP contribution in [0.5, 0.6) is 0 Å². The SMILES string of the molecule is Cc1cc(C)cc(-c2ccc3c(CC(C)(C)C)c(CC(C)(C)C)ccc3n2)c1. The Morgan fingerprint density at radius 2 is 1.32 bits per heavy atom. The molecule has 0 saturated carbocycles. The number of aromatic nitrogens is 1. The van der Waals surface area contributed by atoms with Crippen LogP contribution in [0.1, 0.15) is 63.8 Å². The summed E-state index contributed by atoms with van der Waals surface area (Å²) < 4.78 is 0. The maximum absolute atomic E-state index is 5.06. The van der Waals surface area contributed by atoms with E-state index < -0.39 is 0 Å². The lowest BCUT2D eigenvalue weighted by Gasteiger charge is -2.26. The van der Waals surface area contributed by atoms with Crippen LogP contribution >= 0.6 is 0 Å². The van der Waals surface area contributed by atoms with Crippen molar-refractivity contribution in [3.05, 3.63) is 64.7 Å². The van der Waals surface area contributed by atoms with E-state index in [1.54, 1.807) is 0 Å². The van der Waals surface area contributed by atoms with Crippen molar-refractivity contribution in [1.29, 1.82) is 0 Å². The fourth-order valence-electron chi connectivity index (χ4n) is 4.07. The van der Waals surface area contributed by atoms with E-state index in [-0.39, 0.29) is 10.8 Å². The number of rotatable bonds is 3. The van der Waals surface area contributed by atoms with Gasteiger partial charge in [-0.1, -0.05) is 70.9 Å². The molecule has 0 saturated heterocycles. The van der Waals surface area contributed by atoms with Gasteiger partial charge >= 0.3 is 0 Å². The van der Waals surface area contributed by atoms with Crippen molar-refractivity contribution in [2.45, 2.75) is 68.2 Å². The molecule has 0 spiro atoms. The highest BCUT2D eigenvalue weighted by Gasteiger charge is 2.20. The second-order valence-electron chi connectivity index (χ2n) is 10.8. The minimum atomic E-state index is 0.243. The summed E-state index contributed by atoms with van der Waals surface area (Å²) >= 11 is 0. The Hall–Kier alpha value is -2.15. The van der Waals surface area contributed by atoms with Crippen LogP contribution in [0.25, 0.3) is 22.2 Å². The molecule has 0 aliphatic heterocycles. The number of benzene rings is 2. The van der Waals surface area contributed by atoms with Crippen LogP contribution in [0.15, 0.2) is 42.5 Å². The zero-order valence-corrected chi connectivity index (χ0v) is 18.9. The first-order chi connectivity index (χ1) is 12.9. The molecule has 0 amide bonds.